The van der Waals surface area contributed by atoms with Crippen LogP contribution >= 0.6 is 0 Å². The van der Waals surface area contributed by atoms with Crippen LogP contribution < -0.4 is 0 Å². The van der Waals surface area contributed by atoms with E-state index in [9.17, 15) is 5.11 Å². The summed E-state index contributed by atoms with van der Waals surface area (Å²) in [6.45, 7) is 4.03. The predicted molar refractivity (Wildman–Crippen MR) is 89.8 cm³/mol. The van der Waals surface area contributed by atoms with Crippen LogP contribution in [0, 0.1) is 6.92 Å². The van der Waals surface area contributed by atoms with E-state index in [4.69, 9.17) is 0 Å². The van der Waals surface area contributed by atoms with Crippen molar-refractivity contribution in [1.82, 2.24) is 4.57 Å². The van der Waals surface area contributed by atoms with Gasteiger partial charge in [0, 0.05) is 17.6 Å². The topological polar surface area (TPSA) is 25.2 Å². The van der Waals surface area contributed by atoms with Gasteiger partial charge in [0.1, 0.15) is 0 Å². The molecule has 1 saturated carbocycles. The summed E-state index contributed by atoms with van der Waals surface area (Å²) in [7, 11) is 0. The molecule has 1 fully saturated rings. The van der Waals surface area contributed by atoms with Crippen molar-refractivity contribution in [3.05, 3.63) is 52.8 Å². The van der Waals surface area contributed by atoms with Crippen molar-refractivity contribution in [3.63, 3.8) is 0 Å². The average Bonchev–Trinajstić information content (AvgIpc) is 3.17. The van der Waals surface area contributed by atoms with Crippen molar-refractivity contribution in [3.8, 4) is 5.69 Å². The average molecular weight is 295 g/mol. The van der Waals surface area contributed by atoms with E-state index in [0.717, 1.165) is 24.7 Å². The minimum Gasteiger partial charge on any atom is -0.393 e. The maximum absolute atomic E-state index is 9.72. The van der Waals surface area contributed by atoms with E-state index in [1.807, 2.05) is 6.92 Å². The number of aryl methyl sites for hydroxylation is 1. The zero-order chi connectivity index (χ0) is 15.3. The third kappa shape index (κ3) is 2.21. The van der Waals surface area contributed by atoms with Crippen LogP contribution in [-0.2, 0) is 6.42 Å². The van der Waals surface area contributed by atoms with Crippen molar-refractivity contribution in [1.29, 1.82) is 0 Å². The molecule has 3 atom stereocenters. The van der Waals surface area contributed by atoms with Gasteiger partial charge in [-0.05, 0) is 81.0 Å². The number of aliphatic hydroxyl groups excluding tert-OH is 1. The molecule has 1 unspecified atom stereocenters. The van der Waals surface area contributed by atoms with Gasteiger partial charge < -0.3 is 9.67 Å². The monoisotopic (exact) mass is 295 g/mol. The number of aromatic nitrogens is 1. The smallest absolute Gasteiger partial charge is 0.0515 e. The van der Waals surface area contributed by atoms with Crippen LogP contribution in [0.1, 0.15) is 66.8 Å². The molecule has 2 aromatic rings. The van der Waals surface area contributed by atoms with Gasteiger partial charge >= 0.3 is 0 Å². The Morgan fingerprint density at radius 3 is 2.64 bits per heavy atom. The number of aliphatic hydroxyl groups is 1. The molecular formula is C20H25NO. The largest absolute Gasteiger partial charge is 0.393 e. The van der Waals surface area contributed by atoms with Crippen molar-refractivity contribution < 1.29 is 5.11 Å². The highest BCUT2D eigenvalue weighted by atomic mass is 16.3. The van der Waals surface area contributed by atoms with Crippen molar-refractivity contribution in [2.75, 3.05) is 0 Å². The van der Waals surface area contributed by atoms with Crippen LogP contribution in [0.3, 0.4) is 0 Å². The molecule has 2 heteroatoms. The molecule has 0 saturated heterocycles. The fourth-order valence-corrected chi connectivity index (χ4v) is 4.44. The van der Waals surface area contributed by atoms with Gasteiger partial charge in [0.25, 0.3) is 0 Å². The molecule has 2 nitrogen and oxygen atoms in total. The van der Waals surface area contributed by atoms with E-state index in [-0.39, 0.29) is 6.10 Å². The third-order valence-corrected chi connectivity index (χ3v) is 5.57. The molecule has 22 heavy (non-hydrogen) atoms. The Labute approximate surface area is 132 Å². The Morgan fingerprint density at radius 1 is 1.18 bits per heavy atom. The molecule has 0 amide bonds. The second-order valence-corrected chi connectivity index (χ2v) is 7.24. The molecule has 4 rings (SSSR count). The molecule has 0 spiro atoms. The lowest BCUT2D eigenvalue weighted by Crippen LogP contribution is -2.08. The molecular weight excluding hydrogens is 270 g/mol. The number of fused-ring (bicyclic) bond motifs is 5. The lowest BCUT2D eigenvalue weighted by atomic mass is 9.92. The van der Waals surface area contributed by atoms with E-state index in [1.54, 1.807) is 11.1 Å². The molecule has 116 valence electrons. The lowest BCUT2D eigenvalue weighted by molar-refractivity contribution is 0.184. The molecule has 0 radical (unpaired) electrons. The Balaban J connectivity index is 1.79. The van der Waals surface area contributed by atoms with Gasteiger partial charge in [0.05, 0.1) is 6.10 Å². The summed E-state index contributed by atoms with van der Waals surface area (Å²) >= 11 is 0. The summed E-state index contributed by atoms with van der Waals surface area (Å²) in [5.41, 5.74) is 7.23. The number of rotatable bonds is 4. The fraction of sp³-hybridized carbons (Fsp3) is 0.500. The number of benzene rings is 1. The summed E-state index contributed by atoms with van der Waals surface area (Å²) < 4.78 is 2.40. The summed E-state index contributed by atoms with van der Waals surface area (Å²) in [6, 6.07) is 8.82. The minimum atomic E-state index is -0.226. The molecule has 2 bridgehead atoms. The first-order valence-corrected chi connectivity index (χ1v) is 8.62. The summed E-state index contributed by atoms with van der Waals surface area (Å²) in [4.78, 5) is 0. The van der Waals surface area contributed by atoms with Crippen molar-refractivity contribution in [2.24, 2.45) is 0 Å². The highest BCUT2D eigenvalue weighted by molar-refractivity contribution is 5.50. The molecule has 2 aliphatic rings. The first-order chi connectivity index (χ1) is 10.6. The molecule has 1 aromatic heterocycles. The van der Waals surface area contributed by atoms with E-state index >= 15 is 0 Å². The van der Waals surface area contributed by atoms with Crippen molar-refractivity contribution >= 4 is 0 Å². The number of nitrogens with zero attached hydrogens (tertiary/aromatic N) is 1. The number of hydrogen-bond acceptors (Lipinski definition) is 1. The van der Waals surface area contributed by atoms with E-state index in [0.29, 0.717) is 0 Å². The van der Waals surface area contributed by atoms with Crippen molar-refractivity contribution in [2.45, 2.75) is 63.9 Å². The van der Waals surface area contributed by atoms with Crippen LogP contribution in [0.25, 0.3) is 5.69 Å². The summed E-state index contributed by atoms with van der Waals surface area (Å²) in [5.74, 6) is 1.56. The normalized spacial score (nSPS) is 23.8. The van der Waals surface area contributed by atoms with Gasteiger partial charge in [-0.2, -0.15) is 0 Å². The van der Waals surface area contributed by atoms with Gasteiger partial charge in [-0.3, -0.25) is 0 Å². The summed E-state index contributed by atoms with van der Waals surface area (Å²) in [6.07, 6.45) is 8.07. The van der Waals surface area contributed by atoms with Gasteiger partial charge in [0.2, 0.25) is 0 Å². The predicted octanol–water partition coefficient (Wildman–Crippen LogP) is 4.46. The Kier molecular flexibility index (Phi) is 3.37. The third-order valence-electron chi connectivity index (χ3n) is 5.57. The van der Waals surface area contributed by atoms with Gasteiger partial charge in [-0.25, -0.2) is 0 Å². The Morgan fingerprint density at radius 2 is 1.91 bits per heavy atom. The van der Waals surface area contributed by atoms with E-state index in [2.05, 4.69) is 42.0 Å². The fourth-order valence-electron chi connectivity index (χ4n) is 4.44. The molecule has 1 aromatic carbocycles. The quantitative estimate of drug-likeness (QED) is 0.885. The standard InChI is InChI=1S/C20H25NO/c1-13-3-8-17(9-4-13)21-12-18-15-6-7-16(11-15)20(18)19(21)10-5-14(2)22/h3-4,8-9,12,14-16,22H,5-7,10-11H2,1-2H3/t14?,15-,16+/m0/s1. The Hall–Kier alpha value is -1.54. The minimum absolute atomic E-state index is 0.226. The second kappa shape index (κ2) is 5.27. The number of hydrogen-bond donors (Lipinski definition) is 1. The first-order valence-electron chi connectivity index (χ1n) is 8.62. The maximum Gasteiger partial charge on any atom is 0.0515 e. The first kappa shape index (κ1) is 14.1. The second-order valence-electron chi connectivity index (χ2n) is 7.24. The molecule has 1 N–H and O–H groups in total. The molecule has 1 heterocycles. The van der Waals surface area contributed by atoms with Gasteiger partial charge in [-0.15, -0.1) is 0 Å². The van der Waals surface area contributed by atoms with Crippen LogP contribution in [-0.4, -0.2) is 15.8 Å². The van der Waals surface area contributed by atoms with E-state index in [1.165, 1.54) is 36.2 Å². The van der Waals surface area contributed by atoms with E-state index < -0.39 is 0 Å². The maximum atomic E-state index is 9.72. The lowest BCUT2D eigenvalue weighted by Gasteiger charge is -2.16. The van der Waals surface area contributed by atoms with Crippen LogP contribution in [0.2, 0.25) is 0 Å². The van der Waals surface area contributed by atoms with Crippen LogP contribution in [0.4, 0.5) is 0 Å². The summed E-state index contributed by atoms with van der Waals surface area (Å²) in [5, 5.41) is 9.72. The van der Waals surface area contributed by atoms with Gasteiger partial charge in [-0.1, -0.05) is 17.7 Å². The van der Waals surface area contributed by atoms with Crippen LogP contribution in [0.5, 0.6) is 0 Å². The molecule has 2 aliphatic carbocycles. The Bertz CT molecular complexity index is 680. The highest BCUT2D eigenvalue weighted by Crippen LogP contribution is 2.55. The zero-order valence-electron chi connectivity index (χ0n) is 13.5. The SMILES string of the molecule is Cc1ccc(-n2cc3c(c2CCC(C)O)[C@@H]2CC[C@H]3C2)cc1. The van der Waals surface area contributed by atoms with Crippen LogP contribution in [0.15, 0.2) is 30.5 Å². The zero-order valence-corrected chi connectivity index (χ0v) is 13.5. The highest BCUT2D eigenvalue weighted by Gasteiger charge is 2.40. The molecule has 0 aliphatic heterocycles. The van der Waals surface area contributed by atoms with Gasteiger partial charge in [0.15, 0.2) is 0 Å².